The number of benzene rings is 1. The summed E-state index contributed by atoms with van der Waals surface area (Å²) in [7, 11) is 0. The fourth-order valence-corrected chi connectivity index (χ4v) is 5.22. The summed E-state index contributed by atoms with van der Waals surface area (Å²) < 4.78 is 5.95. The SMILES string of the molecule is CSc1nc(NN2C(=O)c3ccccc3C2=O)c2c3c(sc2n1)COC(C)(C)C3. The first-order chi connectivity index (χ1) is 13.9. The Kier molecular flexibility index (Phi) is 4.16. The van der Waals surface area contributed by atoms with Crippen molar-refractivity contribution >= 4 is 50.9 Å². The standard InChI is InChI=1S/C20H18N4O3S2/c1-20(2)8-12-13(9-27-20)29-16-14(12)15(21-19(22-16)28-3)23-24-17(25)10-6-4-5-7-11(10)18(24)26/h4-7H,8-9H2,1-3H3,(H,21,22,23). The molecule has 0 saturated heterocycles. The molecule has 0 aliphatic carbocycles. The van der Waals surface area contributed by atoms with Crippen LogP contribution in [0.5, 0.6) is 0 Å². The molecule has 2 aromatic heterocycles. The zero-order chi connectivity index (χ0) is 20.3. The predicted molar refractivity (Wildman–Crippen MR) is 112 cm³/mol. The minimum atomic E-state index is -0.379. The summed E-state index contributed by atoms with van der Waals surface area (Å²) in [6.45, 7) is 4.62. The summed E-state index contributed by atoms with van der Waals surface area (Å²) >= 11 is 2.99. The van der Waals surface area contributed by atoms with Gasteiger partial charge < -0.3 is 4.74 Å². The Bertz CT molecular complexity index is 1150. The van der Waals surface area contributed by atoms with Gasteiger partial charge in [-0.25, -0.2) is 9.97 Å². The fourth-order valence-electron chi connectivity index (χ4n) is 3.69. The molecule has 0 saturated carbocycles. The molecule has 0 bridgehead atoms. The molecule has 5 rings (SSSR count). The molecule has 0 atom stereocenters. The second kappa shape index (κ2) is 6.51. The molecule has 9 heteroatoms. The highest BCUT2D eigenvalue weighted by Gasteiger charge is 2.37. The lowest BCUT2D eigenvalue weighted by Gasteiger charge is -2.30. The number of fused-ring (bicyclic) bond motifs is 4. The molecule has 2 aliphatic heterocycles. The first-order valence-electron chi connectivity index (χ1n) is 9.12. The highest BCUT2D eigenvalue weighted by atomic mass is 32.2. The Morgan fingerprint density at radius 3 is 2.52 bits per heavy atom. The normalized spacial score (nSPS) is 17.6. The van der Waals surface area contributed by atoms with E-state index in [1.165, 1.54) is 11.8 Å². The van der Waals surface area contributed by atoms with E-state index in [0.717, 1.165) is 25.7 Å². The van der Waals surface area contributed by atoms with Gasteiger partial charge in [0.15, 0.2) is 11.0 Å². The van der Waals surface area contributed by atoms with Crippen molar-refractivity contribution in [2.24, 2.45) is 0 Å². The first-order valence-corrected chi connectivity index (χ1v) is 11.2. The van der Waals surface area contributed by atoms with Crippen LogP contribution in [0.2, 0.25) is 0 Å². The Hall–Kier alpha value is -2.49. The Morgan fingerprint density at radius 1 is 1.17 bits per heavy atom. The van der Waals surface area contributed by atoms with Crippen molar-refractivity contribution < 1.29 is 14.3 Å². The van der Waals surface area contributed by atoms with Crippen LogP contribution >= 0.6 is 23.1 Å². The maximum atomic E-state index is 12.8. The number of aromatic nitrogens is 2. The van der Waals surface area contributed by atoms with Gasteiger partial charge in [-0.05, 0) is 37.8 Å². The third-order valence-electron chi connectivity index (χ3n) is 5.10. The number of thioether (sulfide) groups is 1. The highest BCUT2D eigenvalue weighted by molar-refractivity contribution is 7.98. The topological polar surface area (TPSA) is 84.4 Å². The quantitative estimate of drug-likeness (QED) is 0.386. The van der Waals surface area contributed by atoms with Crippen molar-refractivity contribution in [3.8, 4) is 0 Å². The number of carbonyl (C=O) groups excluding carboxylic acids is 2. The van der Waals surface area contributed by atoms with Crippen LogP contribution in [0.3, 0.4) is 0 Å². The molecule has 0 unspecified atom stereocenters. The molecule has 0 spiro atoms. The maximum absolute atomic E-state index is 12.8. The van der Waals surface area contributed by atoms with E-state index >= 15 is 0 Å². The number of hydrazine groups is 1. The number of ether oxygens (including phenoxy) is 1. The van der Waals surface area contributed by atoms with Gasteiger partial charge in [0, 0.05) is 11.3 Å². The molecule has 2 amide bonds. The monoisotopic (exact) mass is 426 g/mol. The van der Waals surface area contributed by atoms with E-state index in [2.05, 4.69) is 15.4 Å². The zero-order valence-electron chi connectivity index (χ0n) is 16.1. The van der Waals surface area contributed by atoms with Crippen molar-refractivity contribution in [1.29, 1.82) is 0 Å². The van der Waals surface area contributed by atoms with Crippen molar-refractivity contribution in [2.45, 2.75) is 37.6 Å². The van der Waals surface area contributed by atoms with Crippen molar-refractivity contribution in [1.82, 2.24) is 15.0 Å². The Labute approximate surface area is 175 Å². The summed E-state index contributed by atoms with van der Waals surface area (Å²) in [6.07, 6.45) is 2.60. The van der Waals surface area contributed by atoms with Gasteiger partial charge in [-0.15, -0.1) is 11.3 Å². The van der Waals surface area contributed by atoms with Gasteiger partial charge in [-0.2, -0.15) is 5.01 Å². The minimum absolute atomic E-state index is 0.300. The molecule has 4 heterocycles. The average Bonchev–Trinajstić information content (AvgIpc) is 3.17. The molecule has 2 aliphatic rings. The van der Waals surface area contributed by atoms with Crippen LogP contribution in [0, 0.1) is 0 Å². The third kappa shape index (κ3) is 2.92. The molecule has 29 heavy (non-hydrogen) atoms. The summed E-state index contributed by atoms with van der Waals surface area (Å²) in [6, 6.07) is 6.82. The van der Waals surface area contributed by atoms with Crippen LogP contribution in [-0.4, -0.2) is 38.6 Å². The number of amides is 2. The van der Waals surface area contributed by atoms with Gasteiger partial charge in [0.25, 0.3) is 11.8 Å². The molecule has 0 fully saturated rings. The summed E-state index contributed by atoms with van der Waals surface area (Å²) in [4.78, 5) is 36.8. The van der Waals surface area contributed by atoms with Crippen LogP contribution in [0.1, 0.15) is 45.0 Å². The van der Waals surface area contributed by atoms with Crippen molar-refractivity contribution in [3.63, 3.8) is 0 Å². The van der Waals surface area contributed by atoms with Gasteiger partial charge in [0.1, 0.15) is 4.83 Å². The second-order valence-electron chi connectivity index (χ2n) is 7.57. The van der Waals surface area contributed by atoms with Crippen molar-refractivity contribution in [3.05, 3.63) is 45.8 Å². The van der Waals surface area contributed by atoms with Gasteiger partial charge in [-0.1, -0.05) is 23.9 Å². The molecule has 3 aromatic rings. The van der Waals surface area contributed by atoms with Crippen LogP contribution in [0.15, 0.2) is 29.4 Å². The molecular weight excluding hydrogens is 408 g/mol. The molecular formula is C20H18N4O3S2. The predicted octanol–water partition coefficient (Wildman–Crippen LogP) is 3.89. The molecule has 7 nitrogen and oxygen atoms in total. The van der Waals surface area contributed by atoms with E-state index in [1.807, 2.05) is 20.1 Å². The molecule has 148 valence electrons. The number of imide groups is 1. The third-order valence-corrected chi connectivity index (χ3v) is 6.75. The zero-order valence-corrected chi connectivity index (χ0v) is 17.7. The highest BCUT2D eigenvalue weighted by Crippen LogP contribution is 2.41. The number of rotatable bonds is 3. The lowest BCUT2D eigenvalue weighted by atomic mass is 9.94. The number of thiophene rings is 1. The largest absolute Gasteiger partial charge is 0.370 e. The minimum Gasteiger partial charge on any atom is -0.370 e. The van der Waals surface area contributed by atoms with Crippen LogP contribution in [-0.2, 0) is 17.8 Å². The average molecular weight is 427 g/mol. The van der Waals surface area contributed by atoms with Gasteiger partial charge in [-0.3, -0.25) is 15.0 Å². The fraction of sp³-hybridized carbons (Fsp3) is 0.300. The molecule has 1 N–H and O–H groups in total. The van der Waals surface area contributed by atoms with E-state index in [9.17, 15) is 9.59 Å². The van der Waals surface area contributed by atoms with E-state index in [0.29, 0.717) is 35.1 Å². The lowest BCUT2D eigenvalue weighted by Crippen LogP contribution is -2.36. The van der Waals surface area contributed by atoms with Crippen LogP contribution in [0.25, 0.3) is 10.2 Å². The Balaban J connectivity index is 1.63. The number of hydrogen-bond donors (Lipinski definition) is 1. The second-order valence-corrected chi connectivity index (χ2v) is 9.43. The Morgan fingerprint density at radius 2 is 1.86 bits per heavy atom. The number of carbonyl (C=O) groups is 2. The van der Waals surface area contributed by atoms with Crippen LogP contribution < -0.4 is 5.43 Å². The number of nitrogens with one attached hydrogen (secondary N) is 1. The van der Waals surface area contributed by atoms with Gasteiger partial charge in [0.2, 0.25) is 0 Å². The van der Waals surface area contributed by atoms with Crippen molar-refractivity contribution in [2.75, 3.05) is 11.7 Å². The number of nitrogens with zero attached hydrogens (tertiary/aromatic N) is 3. The number of anilines is 1. The van der Waals surface area contributed by atoms with Gasteiger partial charge >= 0.3 is 0 Å². The lowest BCUT2D eigenvalue weighted by molar-refractivity contribution is -0.0379. The summed E-state index contributed by atoms with van der Waals surface area (Å²) in [5, 5.41) is 2.48. The summed E-state index contributed by atoms with van der Waals surface area (Å²) in [5.74, 6) is -0.282. The van der Waals surface area contributed by atoms with E-state index < -0.39 is 0 Å². The number of hydrogen-bond acceptors (Lipinski definition) is 8. The molecule has 1 aromatic carbocycles. The first kappa shape index (κ1) is 18.5. The molecule has 0 radical (unpaired) electrons. The van der Waals surface area contributed by atoms with E-state index in [-0.39, 0.29) is 17.4 Å². The maximum Gasteiger partial charge on any atom is 0.280 e. The van der Waals surface area contributed by atoms with E-state index in [1.54, 1.807) is 35.6 Å². The van der Waals surface area contributed by atoms with Gasteiger partial charge in [0.05, 0.1) is 28.7 Å². The van der Waals surface area contributed by atoms with Crippen LogP contribution in [0.4, 0.5) is 5.82 Å². The van der Waals surface area contributed by atoms with E-state index in [4.69, 9.17) is 4.74 Å². The smallest absolute Gasteiger partial charge is 0.280 e. The summed E-state index contributed by atoms with van der Waals surface area (Å²) in [5.41, 5.74) is 4.61.